The highest BCUT2D eigenvalue weighted by molar-refractivity contribution is 7.16. The van der Waals surface area contributed by atoms with E-state index < -0.39 is 0 Å². The third-order valence-corrected chi connectivity index (χ3v) is 3.98. The standard InChI is InChI=1S/C16H22N2S/c1-4-5-14-18-15(16(17)19-14)13-8-6-12(7-9-13)10-11(2)3/h6-9,11H,4-5,10,17H2,1-3H3. The predicted octanol–water partition coefficient (Wildman–Crippen LogP) is 4.54. The van der Waals surface area contributed by atoms with Crippen molar-refractivity contribution in [2.75, 3.05) is 5.73 Å². The summed E-state index contributed by atoms with van der Waals surface area (Å²) in [5.74, 6) is 0.686. The highest BCUT2D eigenvalue weighted by Crippen LogP contribution is 2.31. The Bertz CT molecular complexity index is 526. The minimum atomic E-state index is 0.686. The lowest BCUT2D eigenvalue weighted by Crippen LogP contribution is -1.94. The number of aryl methyl sites for hydroxylation is 1. The smallest absolute Gasteiger partial charge is 0.114 e. The Hall–Kier alpha value is -1.35. The predicted molar refractivity (Wildman–Crippen MR) is 84.5 cm³/mol. The van der Waals surface area contributed by atoms with E-state index in [1.807, 2.05) is 0 Å². The van der Waals surface area contributed by atoms with E-state index in [0.29, 0.717) is 5.92 Å². The van der Waals surface area contributed by atoms with E-state index in [1.54, 1.807) is 11.3 Å². The first-order valence-electron chi connectivity index (χ1n) is 6.94. The van der Waals surface area contributed by atoms with Crippen molar-refractivity contribution in [2.24, 2.45) is 5.92 Å². The third kappa shape index (κ3) is 3.57. The number of nitrogens with two attached hydrogens (primary N) is 1. The summed E-state index contributed by atoms with van der Waals surface area (Å²) in [5, 5.41) is 1.97. The van der Waals surface area contributed by atoms with Crippen LogP contribution in [0.2, 0.25) is 0 Å². The maximum atomic E-state index is 6.08. The van der Waals surface area contributed by atoms with Crippen LogP contribution < -0.4 is 5.73 Å². The summed E-state index contributed by atoms with van der Waals surface area (Å²) in [7, 11) is 0. The Morgan fingerprint density at radius 1 is 1.21 bits per heavy atom. The Morgan fingerprint density at radius 3 is 2.47 bits per heavy atom. The Morgan fingerprint density at radius 2 is 1.89 bits per heavy atom. The zero-order valence-corrected chi connectivity index (χ0v) is 12.8. The first-order chi connectivity index (χ1) is 9.10. The van der Waals surface area contributed by atoms with Crippen molar-refractivity contribution >= 4 is 16.3 Å². The zero-order valence-electron chi connectivity index (χ0n) is 11.9. The molecule has 0 amide bonds. The van der Waals surface area contributed by atoms with E-state index in [1.165, 1.54) is 5.56 Å². The van der Waals surface area contributed by atoms with Gasteiger partial charge in [-0.2, -0.15) is 0 Å². The van der Waals surface area contributed by atoms with Crippen LogP contribution in [0.5, 0.6) is 0 Å². The van der Waals surface area contributed by atoms with Gasteiger partial charge in [0, 0.05) is 5.56 Å². The van der Waals surface area contributed by atoms with Crippen molar-refractivity contribution in [2.45, 2.75) is 40.0 Å². The van der Waals surface area contributed by atoms with Crippen molar-refractivity contribution < 1.29 is 0 Å². The maximum absolute atomic E-state index is 6.08. The molecule has 3 heteroatoms. The van der Waals surface area contributed by atoms with Gasteiger partial charge in [0.2, 0.25) is 0 Å². The van der Waals surface area contributed by atoms with Crippen LogP contribution >= 0.6 is 11.3 Å². The van der Waals surface area contributed by atoms with Crippen molar-refractivity contribution in [3.8, 4) is 11.3 Å². The highest BCUT2D eigenvalue weighted by Gasteiger charge is 2.10. The third-order valence-electron chi connectivity index (χ3n) is 3.03. The molecule has 0 aliphatic rings. The van der Waals surface area contributed by atoms with Gasteiger partial charge in [0.05, 0.1) is 5.01 Å². The number of hydrogen-bond donors (Lipinski definition) is 1. The molecule has 0 aliphatic heterocycles. The molecule has 0 saturated heterocycles. The number of nitrogen functional groups attached to an aromatic ring is 1. The van der Waals surface area contributed by atoms with Crippen LogP contribution in [0.3, 0.4) is 0 Å². The molecule has 0 radical (unpaired) electrons. The van der Waals surface area contributed by atoms with E-state index in [9.17, 15) is 0 Å². The normalized spacial score (nSPS) is 11.2. The summed E-state index contributed by atoms with van der Waals surface area (Å²) in [6.45, 7) is 6.64. The van der Waals surface area contributed by atoms with Crippen molar-refractivity contribution in [3.05, 3.63) is 34.8 Å². The van der Waals surface area contributed by atoms with Crippen molar-refractivity contribution in [3.63, 3.8) is 0 Å². The number of anilines is 1. The largest absolute Gasteiger partial charge is 0.389 e. The fourth-order valence-corrected chi connectivity index (χ4v) is 3.13. The van der Waals surface area contributed by atoms with E-state index in [4.69, 9.17) is 5.73 Å². The summed E-state index contributed by atoms with van der Waals surface area (Å²) >= 11 is 1.62. The molecule has 0 spiro atoms. The van der Waals surface area contributed by atoms with Crippen LogP contribution in [0.15, 0.2) is 24.3 Å². The summed E-state index contributed by atoms with van der Waals surface area (Å²) in [4.78, 5) is 4.65. The van der Waals surface area contributed by atoms with Gasteiger partial charge < -0.3 is 5.73 Å². The summed E-state index contributed by atoms with van der Waals surface area (Å²) in [6, 6.07) is 8.65. The van der Waals surface area contributed by atoms with E-state index in [0.717, 1.165) is 40.5 Å². The molecule has 0 bridgehead atoms. The maximum Gasteiger partial charge on any atom is 0.114 e. The highest BCUT2D eigenvalue weighted by atomic mass is 32.1. The lowest BCUT2D eigenvalue weighted by atomic mass is 10.0. The molecule has 2 rings (SSSR count). The van der Waals surface area contributed by atoms with Gasteiger partial charge in [-0.15, -0.1) is 11.3 Å². The molecule has 19 heavy (non-hydrogen) atoms. The lowest BCUT2D eigenvalue weighted by Gasteiger charge is -2.05. The molecule has 0 aliphatic carbocycles. The summed E-state index contributed by atoms with van der Waals surface area (Å²) in [6.07, 6.45) is 3.24. The minimum absolute atomic E-state index is 0.686. The number of benzene rings is 1. The van der Waals surface area contributed by atoms with Gasteiger partial charge in [-0.1, -0.05) is 45.0 Å². The zero-order chi connectivity index (χ0) is 13.8. The summed E-state index contributed by atoms with van der Waals surface area (Å²) in [5.41, 5.74) is 9.53. The molecule has 0 atom stereocenters. The van der Waals surface area contributed by atoms with Gasteiger partial charge in [0.1, 0.15) is 10.7 Å². The second-order valence-electron chi connectivity index (χ2n) is 5.37. The molecule has 1 aromatic heterocycles. The topological polar surface area (TPSA) is 38.9 Å². The van der Waals surface area contributed by atoms with E-state index in [2.05, 4.69) is 50.0 Å². The molecular weight excluding hydrogens is 252 g/mol. The van der Waals surface area contributed by atoms with Crippen LogP contribution in [0.25, 0.3) is 11.3 Å². The first kappa shape index (κ1) is 14.1. The van der Waals surface area contributed by atoms with E-state index >= 15 is 0 Å². The molecule has 102 valence electrons. The van der Waals surface area contributed by atoms with Crippen LogP contribution in [0.1, 0.15) is 37.8 Å². The number of rotatable bonds is 5. The number of thiazole rings is 1. The molecule has 2 N–H and O–H groups in total. The molecule has 0 saturated carbocycles. The summed E-state index contributed by atoms with van der Waals surface area (Å²) < 4.78 is 0. The quantitative estimate of drug-likeness (QED) is 0.869. The number of aromatic nitrogens is 1. The molecule has 0 fully saturated rings. The van der Waals surface area contributed by atoms with Gasteiger partial charge in [-0.3, -0.25) is 0 Å². The molecule has 1 aromatic carbocycles. The Kier molecular flexibility index (Phi) is 4.59. The fraction of sp³-hybridized carbons (Fsp3) is 0.438. The van der Waals surface area contributed by atoms with Gasteiger partial charge in [0.15, 0.2) is 0 Å². The lowest BCUT2D eigenvalue weighted by molar-refractivity contribution is 0.647. The minimum Gasteiger partial charge on any atom is -0.389 e. The van der Waals surface area contributed by atoms with Crippen LogP contribution in [-0.4, -0.2) is 4.98 Å². The second kappa shape index (κ2) is 6.20. The fourth-order valence-electron chi connectivity index (χ4n) is 2.18. The Balaban J connectivity index is 2.21. The van der Waals surface area contributed by atoms with Crippen LogP contribution in [0, 0.1) is 5.92 Å². The second-order valence-corrected chi connectivity index (χ2v) is 6.48. The average Bonchev–Trinajstić information content (AvgIpc) is 2.71. The Labute approximate surface area is 119 Å². The van der Waals surface area contributed by atoms with Crippen molar-refractivity contribution in [1.29, 1.82) is 0 Å². The van der Waals surface area contributed by atoms with Gasteiger partial charge >= 0.3 is 0 Å². The average molecular weight is 274 g/mol. The SMILES string of the molecule is CCCc1nc(-c2ccc(CC(C)C)cc2)c(N)s1. The molecule has 0 unspecified atom stereocenters. The molecule has 1 heterocycles. The number of nitrogens with zero attached hydrogens (tertiary/aromatic N) is 1. The van der Waals surface area contributed by atoms with Gasteiger partial charge in [-0.25, -0.2) is 4.98 Å². The van der Waals surface area contributed by atoms with Gasteiger partial charge in [-0.05, 0) is 30.7 Å². The molecular formula is C16H22N2S. The van der Waals surface area contributed by atoms with Crippen molar-refractivity contribution in [1.82, 2.24) is 4.98 Å². The first-order valence-corrected chi connectivity index (χ1v) is 7.76. The molecule has 2 aromatic rings. The molecule has 2 nitrogen and oxygen atoms in total. The number of hydrogen-bond acceptors (Lipinski definition) is 3. The monoisotopic (exact) mass is 274 g/mol. The van der Waals surface area contributed by atoms with Crippen LogP contribution in [-0.2, 0) is 12.8 Å². The van der Waals surface area contributed by atoms with Gasteiger partial charge in [0.25, 0.3) is 0 Å². The van der Waals surface area contributed by atoms with Crippen LogP contribution in [0.4, 0.5) is 5.00 Å². The van der Waals surface area contributed by atoms with E-state index in [-0.39, 0.29) is 0 Å².